The molecule has 3 nitrogen and oxygen atoms in total. The van der Waals surface area contributed by atoms with E-state index in [0.29, 0.717) is 6.67 Å². The van der Waals surface area contributed by atoms with Crippen molar-refractivity contribution in [3.63, 3.8) is 0 Å². The minimum atomic E-state index is 0.0779. The van der Waals surface area contributed by atoms with Crippen LogP contribution in [0.25, 0.3) is 0 Å². The van der Waals surface area contributed by atoms with E-state index in [4.69, 9.17) is 0 Å². The smallest absolute Gasteiger partial charge is 0.220 e. The van der Waals surface area contributed by atoms with Gasteiger partial charge in [0, 0.05) is 36.8 Å². The lowest BCUT2D eigenvalue weighted by Crippen LogP contribution is -2.29. The molecule has 0 unspecified atom stereocenters. The molecular weight excluding hydrogens is 219 g/mol. The maximum absolute atomic E-state index is 10.4. The van der Waals surface area contributed by atoms with Gasteiger partial charge < -0.3 is 4.90 Å². The quantitative estimate of drug-likeness (QED) is 0.420. The van der Waals surface area contributed by atoms with Crippen molar-refractivity contribution in [1.29, 1.82) is 0 Å². The normalized spacial score (nSPS) is 8.88. The van der Waals surface area contributed by atoms with Crippen molar-refractivity contribution >= 4 is 28.8 Å². The van der Waals surface area contributed by atoms with Crippen LogP contribution in [-0.4, -0.2) is 24.5 Å². The topological polar surface area (TPSA) is 32.3 Å². The standard InChI is InChI=1S/C4H9IN2O/c1-4(8)7(2)3-6-5/h6H,3H2,1-2H3. The Morgan fingerprint density at radius 3 is 2.50 bits per heavy atom. The molecule has 0 saturated heterocycles. The Balaban J connectivity index is 3.32. The van der Waals surface area contributed by atoms with Crippen LogP contribution >= 0.6 is 22.9 Å². The Bertz CT molecular complexity index is 86.1. The van der Waals surface area contributed by atoms with E-state index in [1.54, 1.807) is 11.9 Å². The lowest BCUT2D eigenvalue weighted by atomic mass is 10.6. The second kappa shape index (κ2) is 4.08. The molecule has 0 rings (SSSR count). The molecule has 0 aromatic heterocycles. The molecule has 0 spiro atoms. The second-order valence-electron chi connectivity index (χ2n) is 1.51. The highest BCUT2D eigenvalue weighted by atomic mass is 127. The van der Waals surface area contributed by atoms with Gasteiger partial charge in [-0.2, -0.15) is 0 Å². The third-order valence-corrected chi connectivity index (χ3v) is 1.18. The van der Waals surface area contributed by atoms with Crippen molar-refractivity contribution in [2.45, 2.75) is 6.92 Å². The molecular formula is C4H9IN2O. The van der Waals surface area contributed by atoms with E-state index in [-0.39, 0.29) is 5.91 Å². The summed E-state index contributed by atoms with van der Waals surface area (Å²) < 4.78 is 2.82. The first-order valence-corrected chi connectivity index (χ1v) is 3.31. The van der Waals surface area contributed by atoms with E-state index in [2.05, 4.69) is 3.53 Å². The molecule has 0 heterocycles. The molecule has 1 N–H and O–H groups in total. The van der Waals surface area contributed by atoms with Gasteiger partial charge in [-0.15, -0.1) is 0 Å². The van der Waals surface area contributed by atoms with Gasteiger partial charge in [0.1, 0.15) is 0 Å². The summed E-state index contributed by atoms with van der Waals surface area (Å²) in [7, 11) is 1.74. The zero-order valence-corrected chi connectivity index (χ0v) is 7.10. The first kappa shape index (κ1) is 8.16. The summed E-state index contributed by atoms with van der Waals surface area (Å²) in [5, 5.41) is 0. The molecule has 8 heavy (non-hydrogen) atoms. The molecule has 0 saturated carbocycles. The SMILES string of the molecule is CC(=O)N(C)CNI. The maximum Gasteiger partial charge on any atom is 0.220 e. The van der Waals surface area contributed by atoms with Crippen LogP contribution in [-0.2, 0) is 4.79 Å². The molecule has 48 valence electrons. The van der Waals surface area contributed by atoms with Gasteiger partial charge in [0.2, 0.25) is 5.91 Å². The third-order valence-electron chi connectivity index (χ3n) is 0.834. The van der Waals surface area contributed by atoms with Crippen LogP contribution in [0.15, 0.2) is 0 Å². The lowest BCUT2D eigenvalue weighted by molar-refractivity contribution is -0.127. The Kier molecular flexibility index (Phi) is 4.16. The molecule has 0 aliphatic heterocycles. The maximum atomic E-state index is 10.4. The van der Waals surface area contributed by atoms with Crippen LogP contribution in [0.5, 0.6) is 0 Å². The molecule has 0 aromatic rings. The number of hydrogen-bond acceptors (Lipinski definition) is 2. The summed E-state index contributed by atoms with van der Waals surface area (Å²) in [5.41, 5.74) is 0. The number of rotatable bonds is 2. The van der Waals surface area contributed by atoms with Crippen molar-refractivity contribution in [2.24, 2.45) is 0 Å². The summed E-state index contributed by atoms with van der Waals surface area (Å²) >= 11 is 1.99. The monoisotopic (exact) mass is 228 g/mol. The van der Waals surface area contributed by atoms with Gasteiger partial charge in [0.15, 0.2) is 0 Å². The average Bonchev–Trinajstić information content (AvgIpc) is 1.67. The van der Waals surface area contributed by atoms with Crippen LogP contribution in [0.4, 0.5) is 0 Å². The number of halogens is 1. The molecule has 0 aliphatic rings. The van der Waals surface area contributed by atoms with E-state index in [1.807, 2.05) is 22.9 Å². The van der Waals surface area contributed by atoms with Crippen molar-refractivity contribution in [3.05, 3.63) is 0 Å². The van der Waals surface area contributed by atoms with Crippen molar-refractivity contribution in [1.82, 2.24) is 8.43 Å². The van der Waals surface area contributed by atoms with E-state index in [0.717, 1.165) is 0 Å². The van der Waals surface area contributed by atoms with E-state index >= 15 is 0 Å². The van der Waals surface area contributed by atoms with E-state index in [9.17, 15) is 4.79 Å². The van der Waals surface area contributed by atoms with Gasteiger partial charge in [0.05, 0.1) is 6.67 Å². The van der Waals surface area contributed by atoms with Crippen molar-refractivity contribution in [2.75, 3.05) is 13.7 Å². The fourth-order valence-electron chi connectivity index (χ4n) is 0.201. The van der Waals surface area contributed by atoms with Gasteiger partial charge in [0.25, 0.3) is 0 Å². The van der Waals surface area contributed by atoms with Crippen molar-refractivity contribution in [3.8, 4) is 0 Å². The van der Waals surface area contributed by atoms with Crippen LogP contribution in [0.3, 0.4) is 0 Å². The Hall–Kier alpha value is 0.160. The summed E-state index contributed by atoms with van der Waals surface area (Å²) in [6.45, 7) is 2.14. The summed E-state index contributed by atoms with van der Waals surface area (Å²) in [4.78, 5) is 12.0. The minimum absolute atomic E-state index is 0.0779. The zero-order valence-electron chi connectivity index (χ0n) is 4.94. The highest BCUT2D eigenvalue weighted by Crippen LogP contribution is 1.80. The van der Waals surface area contributed by atoms with Crippen LogP contribution in [0, 0.1) is 0 Å². The predicted octanol–water partition coefficient (Wildman–Crippen LogP) is 0.362. The van der Waals surface area contributed by atoms with Crippen LogP contribution < -0.4 is 3.53 Å². The van der Waals surface area contributed by atoms with E-state index in [1.165, 1.54) is 6.92 Å². The average molecular weight is 228 g/mol. The Morgan fingerprint density at radius 1 is 1.88 bits per heavy atom. The molecule has 1 amide bonds. The lowest BCUT2D eigenvalue weighted by Gasteiger charge is -2.11. The number of hydrogen-bond donors (Lipinski definition) is 1. The Labute approximate surface area is 62.9 Å². The fraction of sp³-hybridized carbons (Fsp3) is 0.750. The molecule has 0 fully saturated rings. The summed E-state index contributed by atoms with van der Waals surface area (Å²) in [5.74, 6) is 0.0779. The number of nitrogens with one attached hydrogen (secondary N) is 1. The van der Waals surface area contributed by atoms with Gasteiger partial charge in [-0.3, -0.25) is 4.79 Å². The predicted molar refractivity (Wildman–Crippen MR) is 40.5 cm³/mol. The van der Waals surface area contributed by atoms with Crippen molar-refractivity contribution < 1.29 is 4.79 Å². The molecule has 0 atom stereocenters. The first-order valence-electron chi connectivity index (χ1n) is 2.23. The fourth-order valence-corrected chi connectivity index (χ4v) is 0.713. The zero-order chi connectivity index (χ0) is 6.57. The number of amides is 1. The molecule has 4 heteroatoms. The van der Waals surface area contributed by atoms with Gasteiger partial charge in [-0.05, 0) is 0 Å². The first-order chi connectivity index (χ1) is 3.68. The third kappa shape index (κ3) is 3.20. The molecule has 0 radical (unpaired) electrons. The minimum Gasteiger partial charge on any atom is -0.333 e. The Morgan fingerprint density at radius 2 is 2.38 bits per heavy atom. The van der Waals surface area contributed by atoms with Gasteiger partial charge in [-0.25, -0.2) is 3.53 Å². The number of carbonyl (C=O) groups excluding carboxylic acids is 1. The summed E-state index contributed by atoms with van der Waals surface area (Å²) in [6.07, 6.45) is 0. The van der Waals surface area contributed by atoms with E-state index < -0.39 is 0 Å². The van der Waals surface area contributed by atoms with Gasteiger partial charge in [-0.1, -0.05) is 0 Å². The van der Waals surface area contributed by atoms with Crippen LogP contribution in [0.2, 0.25) is 0 Å². The van der Waals surface area contributed by atoms with Gasteiger partial charge >= 0.3 is 0 Å². The highest BCUT2D eigenvalue weighted by Gasteiger charge is 1.96. The second-order valence-corrected chi connectivity index (χ2v) is 2.27. The van der Waals surface area contributed by atoms with Crippen LogP contribution in [0.1, 0.15) is 6.92 Å². The molecule has 0 aliphatic carbocycles. The molecule has 0 aromatic carbocycles. The summed E-state index contributed by atoms with van der Waals surface area (Å²) in [6, 6.07) is 0. The number of carbonyl (C=O) groups is 1. The molecule has 0 bridgehead atoms. The highest BCUT2D eigenvalue weighted by molar-refractivity contribution is 14.1. The number of nitrogens with zero attached hydrogens (tertiary/aromatic N) is 1. The largest absolute Gasteiger partial charge is 0.333 e.